The molecular weight excluding hydrogens is 332 g/mol. The Kier molecular flexibility index (Phi) is 5.56. The molecule has 8 heteroatoms. The zero-order valence-electron chi connectivity index (χ0n) is 13.5. The van der Waals surface area contributed by atoms with Gasteiger partial charge in [-0.3, -0.25) is 14.8 Å². The Morgan fingerprint density at radius 2 is 1.88 bits per heavy atom. The van der Waals surface area contributed by atoms with Crippen LogP contribution in [0.2, 0.25) is 0 Å². The lowest BCUT2D eigenvalue weighted by molar-refractivity contribution is 0.0705. The second-order valence-electron chi connectivity index (χ2n) is 5.23. The number of nitrogens with one attached hydrogen (secondary N) is 1. The molecule has 0 saturated carbocycles. The Morgan fingerprint density at radius 1 is 1.16 bits per heavy atom. The molecule has 0 bridgehead atoms. The molecular formula is C17H15F2N3O3. The molecule has 2 N–H and O–H groups in total. The van der Waals surface area contributed by atoms with E-state index in [0.717, 1.165) is 17.3 Å². The number of aryl methyl sites for hydroxylation is 1. The molecule has 2 aromatic carbocycles. The van der Waals surface area contributed by atoms with Gasteiger partial charge in [0.1, 0.15) is 11.6 Å². The van der Waals surface area contributed by atoms with E-state index >= 15 is 0 Å². The van der Waals surface area contributed by atoms with Gasteiger partial charge in [-0.15, -0.1) is 0 Å². The Hall–Kier alpha value is -3.13. The first-order chi connectivity index (χ1) is 11.8. The van der Waals surface area contributed by atoms with Gasteiger partial charge in [0.05, 0.1) is 11.8 Å². The summed E-state index contributed by atoms with van der Waals surface area (Å²) < 4.78 is 27.7. The largest absolute Gasteiger partial charge is 0.288 e. The van der Waals surface area contributed by atoms with Crippen molar-refractivity contribution in [3.8, 4) is 0 Å². The molecule has 0 radical (unpaired) electrons. The lowest BCUT2D eigenvalue weighted by Crippen LogP contribution is -2.22. The summed E-state index contributed by atoms with van der Waals surface area (Å²) in [5, 5.41) is 13.2. The average molecular weight is 347 g/mol. The Balaban J connectivity index is 2.18. The molecule has 25 heavy (non-hydrogen) atoms. The number of hydroxylamine groups is 1. The maximum atomic E-state index is 13.9. The highest BCUT2D eigenvalue weighted by molar-refractivity contribution is 5.96. The number of amides is 2. The summed E-state index contributed by atoms with van der Waals surface area (Å²) in [7, 11) is 1.31. The van der Waals surface area contributed by atoms with Crippen molar-refractivity contribution in [3.63, 3.8) is 0 Å². The molecule has 6 nitrogen and oxygen atoms in total. The predicted octanol–water partition coefficient (Wildman–Crippen LogP) is 2.50. The van der Waals surface area contributed by atoms with E-state index in [4.69, 9.17) is 5.21 Å². The summed E-state index contributed by atoms with van der Waals surface area (Å²) in [5.74, 6) is -2.99. The Morgan fingerprint density at radius 3 is 2.48 bits per heavy atom. The average Bonchev–Trinajstić information content (AvgIpc) is 2.59. The topological polar surface area (TPSA) is 82.0 Å². The molecule has 0 atom stereocenters. The van der Waals surface area contributed by atoms with Gasteiger partial charge in [-0.05, 0) is 42.8 Å². The van der Waals surface area contributed by atoms with E-state index in [1.807, 2.05) is 0 Å². The summed E-state index contributed by atoms with van der Waals surface area (Å²) in [6.45, 7) is 1.70. The second kappa shape index (κ2) is 7.63. The van der Waals surface area contributed by atoms with E-state index in [2.05, 4.69) is 5.10 Å². The number of rotatable bonds is 4. The van der Waals surface area contributed by atoms with Gasteiger partial charge < -0.3 is 0 Å². The fraction of sp³-hybridized carbons (Fsp3) is 0.118. The molecule has 2 rings (SSSR count). The van der Waals surface area contributed by atoms with Crippen LogP contribution in [0.4, 0.5) is 8.78 Å². The van der Waals surface area contributed by atoms with Gasteiger partial charge in [-0.2, -0.15) is 5.10 Å². The van der Waals surface area contributed by atoms with Crippen LogP contribution >= 0.6 is 0 Å². The van der Waals surface area contributed by atoms with Crippen LogP contribution in [0.5, 0.6) is 0 Å². The molecule has 2 aromatic rings. The fourth-order valence-electron chi connectivity index (χ4n) is 2.01. The Bertz CT molecular complexity index is 853. The minimum absolute atomic E-state index is 0.0125. The van der Waals surface area contributed by atoms with E-state index < -0.39 is 23.4 Å². The molecule has 130 valence electrons. The third kappa shape index (κ3) is 4.24. The van der Waals surface area contributed by atoms with Crippen molar-refractivity contribution in [1.29, 1.82) is 0 Å². The third-order valence-electron chi connectivity index (χ3n) is 3.38. The summed E-state index contributed by atoms with van der Waals surface area (Å²) in [4.78, 5) is 23.4. The molecule has 0 aliphatic heterocycles. The van der Waals surface area contributed by atoms with E-state index in [1.165, 1.54) is 36.8 Å². The van der Waals surface area contributed by atoms with Gasteiger partial charge in [0.15, 0.2) is 0 Å². The molecule has 0 unspecified atom stereocenters. The smallest absolute Gasteiger partial charge is 0.276 e. The quantitative estimate of drug-likeness (QED) is 0.506. The molecule has 2 amide bonds. The predicted molar refractivity (Wildman–Crippen MR) is 86.5 cm³/mol. The summed E-state index contributed by atoms with van der Waals surface area (Å²) in [6, 6.07) is 7.62. The van der Waals surface area contributed by atoms with E-state index in [0.29, 0.717) is 5.56 Å². The van der Waals surface area contributed by atoms with Crippen LogP contribution in [-0.4, -0.2) is 35.3 Å². The zero-order chi connectivity index (χ0) is 18.6. The first kappa shape index (κ1) is 18.2. The molecule has 0 spiro atoms. The standard InChI is InChI=1S/C17H15F2N3O3/c1-10-3-6-13(15(19)7-10)17(24)22(2)20-9-12-5-4-11(8-14(12)18)16(23)21-25/h3-9,25H,1-2H3,(H,21,23)/b20-9+. The van der Waals surface area contributed by atoms with Gasteiger partial charge >= 0.3 is 0 Å². The zero-order valence-corrected chi connectivity index (χ0v) is 13.5. The normalized spacial score (nSPS) is 10.8. The van der Waals surface area contributed by atoms with Crippen molar-refractivity contribution >= 4 is 18.0 Å². The van der Waals surface area contributed by atoms with Crippen LogP contribution in [-0.2, 0) is 0 Å². The van der Waals surface area contributed by atoms with E-state index in [-0.39, 0.29) is 16.7 Å². The lowest BCUT2D eigenvalue weighted by atomic mass is 10.1. The number of hydrogen-bond acceptors (Lipinski definition) is 4. The van der Waals surface area contributed by atoms with Gasteiger partial charge in [0.25, 0.3) is 11.8 Å². The summed E-state index contributed by atoms with van der Waals surface area (Å²) in [6.07, 6.45) is 1.07. The molecule has 0 aliphatic rings. The highest BCUT2D eigenvalue weighted by Gasteiger charge is 2.15. The monoisotopic (exact) mass is 347 g/mol. The van der Waals surface area contributed by atoms with Crippen LogP contribution in [0.3, 0.4) is 0 Å². The number of carbonyl (C=O) groups excluding carboxylic acids is 2. The number of hydrogen-bond donors (Lipinski definition) is 2. The van der Waals surface area contributed by atoms with Crippen LogP contribution in [0, 0.1) is 18.6 Å². The highest BCUT2D eigenvalue weighted by atomic mass is 19.1. The van der Waals surface area contributed by atoms with Crippen molar-refractivity contribution in [2.24, 2.45) is 5.10 Å². The van der Waals surface area contributed by atoms with Crippen LogP contribution < -0.4 is 5.48 Å². The number of carbonyl (C=O) groups is 2. The van der Waals surface area contributed by atoms with E-state index in [9.17, 15) is 18.4 Å². The molecule has 0 fully saturated rings. The van der Waals surface area contributed by atoms with Gasteiger partial charge in [-0.1, -0.05) is 6.07 Å². The minimum atomic E-state index is -0.857. The molecule has 0 aliphatic carbocycles. The summed E-state index contributed by atoms with van der Waals surface area (Å²) >= 11 is 0. The SMILES string of the molecule is Cc1ccc(C(=O)N(C)/N=C/c2ccc(C(=O)NO)cc2F)c(F)c1. The number of hydrazone groups is 1. The van der Waals surface area contributed by atoms with Crippen LogP contribution in [0.1, 0.15) is 31.8 Å². The summed E-state index contributed by atoms with van der Waals surface area (Å²) in [5.41, 5.74) is 1.85. The van der Waals surface area contributed by atoms with Crippen LogP contribution in [0.25, 0.3) is 0 Å². The number of nitrogens with zero attached hydrogens (tertiary/aromatic N) is 2. The fourth-order valence-corrected chi connectivity index (χ4v) is 2.01. The third-order valence-corrected chi connectivity index (χ3v) is 3.38. The number of halogens is 2. The second-order valence-corrected chi connectivity index (χ2v) is 5.23. The van der Waals surface area contributed by atoms with Gasteiger partial charge in [0, 0.05) is 18.2 Å². The highest BCUT2D eigenvalue weighted by Crippen LogP contribution is 2.13. The van der Waals surface area contributed by atoms with Crippen molar-refractivity contribution < 1.29 is 23.6 Å². The lowest BCUT2D eigenvalue weighted by Gasteiger charge is -2.12. The van der Waals surface area contributed by atoms with Gasteiger partial charge in [0.2, 0.25) is 0 Å². The van der Waals surface area contributed by atoms with Gasteiger partial charge in [-0.25, -0.2) is 19.3 Å². The molecule has 0 aromatic heterocycles. The maximum Gasteiger partial charge on any atom is 0.276 e. The maximum absolute atomic E-state index is 13.9. The Labute approximate surface area is 142 Å². The van der Waals surface area contributed by atoms with E-state index in [1.54, 1.807) is 13.0 Å². The first-order valence-electron chi connectivity index (χ1n) is 7.15. The van der Waals surface area contributed by atoms with Crippen molar-refractivity contribution in [2.45, 2.75) is 6.92 Å². The van der Waals surface area contributed by atoms with Crippen molar-refractivity contribution in [1.82, 2.24) is 10.5 Å². The minimum Gasteiger partial charge on any atom is -0.288 e. The number of benzene rings is 2. The first-order valence-corrected chi connectivity index (χ1v) is 7.15. The molecule has 0 saturated heterocycles. The van der Waals surface area contributed by atoms with Crippen LogP contribution in [0.15, 0.2) is 41.5 Å². The van der Waals surface area contributed by atoms with Crippen molar-refractivity contribution in [2.75, 3.05) is 7.05 Å². The van der Waals surface area contributed by atoms with Crippen molar-refractivity contribution in [3.05, 3.63) is 70.3 Å². The molecule has 0 heterocycles.